The van der Waals surface area contributed by atoms with Gasteiger partial charge < -0.3 is 10.1 Å². The molecule has 108 valence electrons. The molecular weight excluding hydrogens is 279 g/mol. The number of nitro groups is 1. The van der Waals surface area contributed by atoms with Gasteiger partial charge in [-0.25, -0.2) is 4.39 Å². The van der Waals surface area contributed by atoms with Crippen molar-refractivity contribution in [2.45, 2.75) is 0 Å². The maximum atomic E-state index is 12.9. The largest absolute Gasteiger partial charge is 0.484 e. The molecule has 0 unspecified atom stereocenters. The maximum absolute atomic E-state index is 12.9. The van der Waals surface area contributed by atoms with Gasteiger partial charge in [0.2, 0.25) is 0 Å². The van der Waals surface area contributed by atoms with E-state index in [1.807, 2.05) is 0 Å². The topological polar surface area (TPSA) is 81.5 Å². The van der Waals surface area contributed by atoms with Crippen LogP contribution in [0.25, 0.3) is 0 Å². The number of carbonyl (C=O) groups excluding carboxylic acids is 1. The van der Waals surface area contributed by atoms with E-state index in [2.05, 4.69) is 5.32 Å². The van der Waals surface area contributed by atoms with Gasteiger partial charge in [0.05, 0.1) is 4.92 Å². The second kappa shape index (κ2) is 6.47. The van der Waals surface area contributed by atoms with Crippen LogP contribution in [0.5, 0.6) is 5.75 Å². The molecule has 1 N–H and O–H groups in total. The van der Waals surface area contributed by atoms with Gasteiger partial charge in [-0.3, -0.25) is 14.9 Å². The van der Waals surface area contributed by atoms with Crippen molar-refractivity contribution in [1.29, 1.82) is 0 Å². The minimum atomic E-state index is -0.557. The highest BCUT2D eigenvalue weighted by molar-refractivity contribution is 5.92. The molecular formula is C14H11FN2O4. The smallest absolute Gasteiger partial charge is 0.271 e. The Hall–Kier alpha value is -2.96. The zero-order valence-corrected chi connectivity index (χ0v) is 10.8. The lowest BCUT2D eigenvalue weighted by Crippen LogP contribution is -2.20. The van der Waals surface area contributed by atoms with Gasteiger partial charge in [0.15, 0.2) is 6.61 Å². The van der Waals surface area contributed by atoms with Crippen LogP contribution in [0.15, 0.2) is 48.5 Å². The lowest BCUT2D eigenvalue weighted by Gasteiger charge is -2.07. The molecule has 0 spiro atoms. The molecule has 0 radical (unpaired) electrons. The molecule has 2 rings (SSSR count). The van der Waals surface area contributed by atoms with Gasteiger partial charge >= 0.3 is 0 Å². The van der Waals surface area contributed by atoms with Crippen LogP contribution < -0.4 is 10.1 Å². The van der Waals surface area contributed by atoms with Crippen molar-refractivity contribution in [3.05, 3.63) is 64.5 Å². The molecule has 1 amide bonds. The summed E-state index contributed by atoms with van der Waals surface area (Å²) < 4.78 is 18.0. The molecule has 2 aromatic carbocycles. The van der Waals surface area contributed by atoms with Gasteiger partial charge in [-0.1, -0.05) is 12.1 Å². The summed E-state index contributed by atoms with van der Waals surface area (Å²) in [5.74, 6) is -0.740. The molecule has 2 aromatic rings. The fourth-order valence-electron chi connectivity index (χ4n) is 1.60. The molecule has 0 bridgehead atoms. The number of benzene rings is 2. The van der Waals surface area contributed by atoms with Crippen molar-refractivity contribution >= 4 is 17.3 Å². The Kier molecular flexibility index (Phi) is 4.45. The highest BCUT2D eigenvalue weighted by Crippen LogP contribution is 2.17. The third kappa shape index (κ3) is 4.27. The van der Waals surface area contributed by atoms with Crippen LogP contribution >= 0.6 is 0 Å². The zero-order valence-electron chi connectivity index (χ0n) is 10.8. The number of non-ortho nitro benzene ring substituents is 1. The average molecular weight is 290 g/mol. The van der Waals surface area contributed by atoms with Crippen LogP contribution in [0, 0.1) is 15.9 Å². The Morgan fingerprint density at radius 1 is 1.24 bits per heavy atom. The van der Waals surface area contributed by atoms with E-state index in [0.29, 0.717) is 0 Å². The number of hydrogen-bond acceptors (Lipinski definition) is 4. The quantitative estimate of drug-likeness (QED) is 0.678. The maximum Gasteiger partial charge on any atom is 0.271 e. The third-order valence-corrected chi connectivity index (χ3v) is 2.51. The second-order valence-corrected chi connectivity index (χ2v) is 4.10. The molecule has 0 aliphatic rings. The van der Waals surface area contributed by atoms with Crippen LogP contribution in [0.1, 0.15) is 0 Å². The van der Waals surface area contributed by atoms with E-state index in [1.165, 1.54) is 42.5 Å². The van der Waals surface area contributed by atoms with E-state index >= 15 is 0 Å². The number of carbonyl (C=O) groups is 1. The van der Waals surface area contributed by atoms with Gasteiger partial charge in [0.1, 0.15) is 11.6 Å². The molecule has 0 aliphatic heterocycles. The Morgan fingerprint density at radius 2 is 2.00 bits per heavy atom. The number of rotatable bonds is 5. The minimum absolute atomic E-state index is 0.126. The number of nitrogens with one attached hydrogen (secondary N) is 1. The Balaban J connectivity index is 1.93. The summed E-state index contributed by atoms with van der Waals surface area (Å²) in [6, 6.07) is 10.9. The average Bonchev–Trinajstić information content (AvgIpc) is 2.45. The summed E-state index contributed by atoms with van der Waals surface area (Å²) in [5.41, 5.74) is 0.163. The highest BCUT2D eigenvalue weighted by Gasteiger charge is 2.08. The lowest BCUT2D eigenvalue weighted by molar-refractivity contribution is -0.384. The Bertz CT molecular complexity index is 676. The first-order chi connectivity index (χ1) is 10.0. The summed E-state index contributed by atoms with van der Waals surface area (Å²) in [6.45, 7) is -0.327. The van der Waals surface area contributed by atoms with Crippen molar-refractivity contribution < 1.29 is 18.8 Å². The first-order valence-corrected chi connectivity index (χ1v) is 5.97. The predicted octanol–water partition coefficient (Wildman–Crippen LogP) is 2.75. The lowest BCUT2D eigenvalue weighted by atomic mass is 10.3. The zero-order chi connectivity index (χ0) is 15.2. The number of nitro benzene ring substituents is 1. The molecule has 21 heavy (non-hydrogen) atoms. The minimum Gasteiger partial charge on any atom is -0.484 e. The number of anilines is 1. The van der Waals surface area contributed by atoms with E-state index in [4.69, 9.17) is 4.74 Å². The number of nitrogens with zero attached hydrogens (tertiary/aromatic N) is 1. The van der Waals surface area contributed by atoms with Gasteiger partial charge in [-0.05, 0) is 18.2 Å². The SMILES string of the molecule is O=C(COc1cccc(F)c1)Nc1cccc([N+](=O)[O-])c1. The van der Waals surface area contributed by atoms with Gasteiger partial charge in [0.25, 0.3) is 11.6 Å². The number of halogens is 1. The first kappa shape index (κ1) is 14.4. The predicted molar refractivity (Wildman–Crippen MR) is 73.6 cm³/mol. The monoisotopic (exact) mass is 290 g/mol. The summed E-state index contributed by atoms with van der Waals surface area (Å²) >= 11 is 0. The molecule has 7 heteroatoms. The van der Waals surface area contributed by atoms with Crippen LogP contribution in [-0.2, 0) is 4.79 Å². The molecule has 6 nitrogen and oxygen atoms in total. The highest BCUT2D eigenvalue weighted by atomic mass is 19.1. The molecule has 0 heterocycles. The summed E-state index contributed by atoms with van der Waals surface area (Å²) in [5, 5.41) is 13.1. The number of ether oxygens (including phenoxy) is 1. The van der Waals surface area contributed by atoms with Gasteiger partial charge in [0, 0.05) is 23.9 Å². The van der Waals surface area contributed by atoms with Crippen LogP contribution in [0.3, 0.4) is 0 Å². The van der Waals surface area contributed by atoms with E-state index < -0.39 is 16.6 Å². The third-order valence-electron chi connectivity index (χ3n) is 2.51. The normalized spacial score (nSPS) is 9.95. The first-order valence-electron chi connectivity index (χ1n) is 5.97. The van der Waals surface area contributed by atoms with Crippen molar-refractivity contribution in [3.8, 4) is 5.75 Å². The number of hydrogen-bond donors (Lipinski definition) is 1. The molecule has 0 saturated carbocycles. The van der Waals surface area contributed by atoms with Crippen molar-refractivity contribution in [3.63, 3.8) is 0 Å². The molecule has 0 aliphatic carbocycles. The summed E-state index contributed by atoms with van der Waals surface area (Å²) in [4.78, 5) is 21.7. The molecule has 0 aromatic heterocycles. The van der Waals surface area contributed by atoms with Crippen molar-refractivity contribution in [1.82, 2.24) is 0 Å². The summed E-state index contributed by atoms with van der Waals surface area (Å²) in [7, 11) is 0. The van der Waals surface area contributed by atoms with Crippen molar-refractivity contribution in [2.75, 3.05) is 11.9 Å². The Labute approximate surface area is 119 Å². The van der Waals surface area contributed by atoms with E-state index in [-0.39, 0.29) is 23.7 Å². The van der Waals surface area contributed by atoms with E-state index in [9.17, 15) is 19.3 Å². The number of amides is 1. The fraction of sp³-hybridized carbons (Fsp3) is 0.0714. The van der Waals surface area contributed by atoms with Gasteiger partial charge in [-0.15, -0.1) is 0 Å². The standard InChI is InChI=1S/C14H11FN2O4/c15-10-3-1-6-13(7-10)21-9-14(18)16-11-4-2-5-12(8-11)17(19)20/h1-8H,9H2,(H,16,18). The molecule has 0 atom stereocenters. The van der Waals surface area contributed by atoms with Crippen LogP contribution in [0.4, 0.5) is 15.8 Å². The Morgan fingerprint density at radius 3 is 2.71 bits per heavy atom. The second-order valence-electron chi connectivity index (χ2n) is 4.10. The fourth-order valence-corrected chi connectivity index (χ4v) is 1.60. The summed E-state index contributed by atoms with van der Waals surface area (Å²) in [6.07, 6.45) is 0. The van der Waals surface area contributed by atoms with Crippen molar-refractivity contribution in [2.24, 2.45) is 0 Å². The van der Waals surface area contributed by atoms with E-state index in [0.717, 1.165) is 6.07 Å². The van der Waals surface area contributed by atoms with Crippen LogP contribution in [0.2, 0.25) is 0 Å². The molecule has 0 fully saturated rings. The van der Waals surface area contributed by atoms with Gasteiger partial charge in [-0.2, -0.15) is 0 Å². The van der Waals surface area contributed by atoms with Crippen LogP contribution in [-0.4, -0.2) is 17.4 Å². The molecule has 0 saturated heterocycles. The van der Waals surface area contributed by atoms with E-state index in [1.54, 1.807) is 0 Å².